The summed E-state index contributed by atoms with van der Waals surface area (Å²) in [6.45, 7) is 9.22. The van der Waals surface area contributed by atoms with Crippen molar-refractivity contribution >= 4 is 23.7 Å². The Bertz CT molecular complexity index is 926. The van der Waals surface area contributed by atoms with Crippen molar-refractivity contribution in [3.63, 3.8) is 0 Å². The minimum Gasteiger partial charge on any atom is -0.360 e. The van der Waals surface area contributed by atoms with Crippen molar-refractivity contribution in [3.05, 3.63) is 47.2 Å². The number of carbonyl (C=O) groups excluding carboxylic acids is 3. The molecule has 8 nitrogen and oxygen atoms in total. The van der Waals surface area contributed by atoms with Gasteiger partial charge in [-0.15, -0.1) is 0 Å². The van der Waals surface area contributed by atoms with Gasteiger partial charge in [-0.25, -0.2) is 4.79 Å². The summed E-state index contributed by atoms with van der Waals surface area (Å²) >= 11 is 0. The maximum atomic E-state index is 12.9. The molecule has 0 spiro atoms. The number of benzene rings is 1. The molecule has 1 fully saturated rings. The molecule has 2 heterocycles. The number of anilines is 1. The molecule has 1 aromatic heterocycles. The molecule has 8 heteroatoms. The number of hydrogen-bond donors (Lipinski definition) is 2. The van der Waals surface area contributed by atoms with Crippen LogP contribution in [0, 0.1) is 6.92 Å². The summed E-state index contributed by atoms with van der Waals surface area (Å²) in [6, 6.07) is 8.50. The Morgan fingerprint density at radius 3 is 2.43 bits per heavy atom. The highest BCUT2D eigenvalue weighted by Gasteiger charge is 2.49. The van der Waals surface area contributed by atoms with E-state index in [0.29, 0.717) is 11.3 Å². The topological polar surface area (TPSA) is 105 Å². The lowest BCUT2D eigenvalue weighted by Crippen LogP contribution is -2.42. The van der Waals surface area contributed by atoms with Crippen molar-refractivity contribution in [2.24, 2.45) is 0 Å². The fourth-order valence-corrected chi connectivity index (χ4v) is 3.09. The molecule has 148 valence electrons. The van der Waals surface area contributed by atoms with E-state index < -0.39 is 29.9 Å². The lowest BCUT2D eigenvalue weighted by molar-refractivity contribution is -0.133. The minimum absolute atomic E-state index is 0.0219. The molecule has 2 aromatic rings. The molecule has 0 saturated carbocycles. The Kier molecular flexibility index (Phi) is 4.74. The van der Waals surface area contributed by atoms with E-state index in [1.807, 2.05) is 24.3 Å². The lowest BCUT2D eigenvalue weighted by atomic mass is 9.84. The van der Waals surface area contributed by atoms with Gasteiger partial charge in [-0.1, -0.05) is 50.2 Å². The third-order valence-corrected chi connectivity index (χ3v) is 4.80. The van der Waals surface area contributed by atoms with Crippen LogP contribution >= 0.6 is 0 Å². The van der Waals surface area contributed by atoms with Crippen LogP contribution in [0.2, 0.25) is 0 Å². The molecule has 0 bridgehead atoms. The Balaban J connectivity index is 1.75. The third kappa shape index (κ3) is 3.62. The van der Waals surface area contributed by atoms with Gasteiger partial charge in [0.05, 0.1) is 0 Å². The van der Waals surface area contributed by atoms with E-state index in [4.69, 9.17) is 4.52 Å². The second-order valence-corrected chi connectivity index (χ2v) is 8.14. The molecule has 0 unspecified atom stereocenters. The number of rotatable bonds is 4. The second kappa shape index (κ2) is 6.78. The Morgan fingerprint density at radius 2 is 1.89 bits per heavy atom. The first-order valence-electron chi connectivity index (χ1n) is 8.99. The van der Waals surface area contributed by atoms with Crippen LogP contribution in [0.5, 0.6) is 0 Å². The number of hydrogen-bond acceptors (Lipinski definition) is 5. The fraction of sp³-hybridized carbons (Fsp3) is 0.400. The number of urea groups is 1. The van der Waals surface area contributed by atoms with E-state index in [1.54, 1.807) is 19.9 Å². The molecule has 0 aliphatic carbocycles. The molecular weight excluding hydrogens is 360 g/mol. The van der Waals surface area contributed by atoms with E-state index in [9.17, 15) is 14.4 Å². The van der Waals surface area contributed by atoms with E-state index >= 15 is 0 Å². The average molecular weight is 384 g/mol. The summed E-state index contributed by atoms with van der Waals surface area (Å²) in [5.74, 6) is -0.247. The largest absolute Gasteiger partial charge is 0.360 e. The summed E-state index contributed by atoms with van der Waals surface area (Å²) in [6.07, 6.45) is 0. The van der Waals surface area contributed by atoms with Crippen molar-refractivity contribution in [2.75, 3.05) is 11.9 Å². The number of amides is 4. The van der Waals surface area contributed by atoms with Gasteiger partial charge in [0, 0.05) is 6.07 Å². The number of nitrogens with one attached hydrogen (secondary N) is 2. The van der Waals surface area contributed by atoms with Crippen molar-refractivity contribution in [1.29, 1.82) is 0 Å². The molecule has 28 heavy (non-hydrogen) atoms. The van der Waals surface area contributed by atoms with Crippen molar-refractivity contribution < 1.29 is 18.9 Å². The minimum atomic E-state index is -1.22. The number of aromatic nitrogens is 1. The van der Waals surface area contributed by atoms with Gasteiger partial charge in [0.2, 0.25) is 5.91 Å². The Hall–Kier alpha value is -3.16. The first-order valence-corrected chi connectivity index (χ1v) is 8.99. The highest BCUT2D eigenvalue weighted by Crippen LogP contribution is 2.31. The summed E-state index contributed by atoms with van der Waals surface area (Å²) in [7, 11) is 0. The quantitative estimate of drug-likeness (QED) is 0.789. The summed E-state index contributed by atoms with van der Waals surface area (Å²) in [5, 5.41) is 8.87. The highest BCUT2D eigenvalue weighted by atomic mass is 16.5. The van der Waals surface area contributed by atoms with Crippen LogP contribution in [0.3, 0.4) is 0 Å². The number of nitrogens with zero attached hydrogens (tertiary/aromatic N) is 2. The molecule has 4 amide bonds. The second-order valence-electron chi connectivity index (χ2n) is 8.14. The van der Waals surface area contributed by atoms with Crippen molar-refractivity contribution in [2.45, 2.75) is 45.6 Å². The molecule has 1 aliphatic rings. The molecule has 1 aromatic carbocycles. The van der Waals surface area contributed by atoms with Gasteiger partial charge in [-0.2, -0.15) is 0 Å². The first kappa shape index (κ1) is 19.6. The Labute approximate surface area is 163 Å². The van der Waals surface area contributed by atoms with Gasteiger partial charge in [0.1, 0.15) is 17.8 Å². The van der Waals surface area contributed by atoms with Gasteiger partial charge in [-0.05, 0) is 30.4 Å². The van der Waals surface area contributed by atoms with E-state index in [0.717, 1.165) is 10.5 Å². The smallest absolute Gasteiger partial charge is 0.325 e. The molecule has 3 rings (SSSR count). The molecule has 2 N–H and O–H groups in total. The Morgan fingerprint density at radius 1 is 1.25 bits per heavy atom. The van der Waals surface area contributed by atoms with Crippen LogP contribution in [-0.4, -0.2) is 34.4 Å². The van der Waals surface area contributed by atoms with E-state index in [1.165, 1.54) is 0 Å². The zero-order valence-electron chi connectivity index (χ0n) is 16.6. The summed E-state index contributed by atoms with van der Waals surface area (Å²) < 4.78 is 4.88. The van der Waals surface area contributed by atoms with E-state index in [2.05, 4.69) is 36.6 Å². The molecule has 1 atom stereocenters. The SMILES string of the molecule is Cc1cc(NC(=O)CN2C(=O)N[C@@](C)(c3ccc(C(C)(C)C)cc3)C2=O)no1. The predicted octanol–water partition coefficient (Wildman–Crippen LogP) is 2.69. The van der Waals surface area contributed by atoms with Crippen LogP contribution in [0.1, 0.15) is 44.6 Å². The van der Waals surface area contributed by atoms with Crippen molar-refractivity contribution in [1.82, 2.24) is 15.4 Å². The zero-order valence-corrected chi connectivity index (χ0v) is 16.6. The summed E-state index contributed by atoms with van der Waals surface area (Å²) in [4.78, 5) is 38.4. The van der Waals surface area contributed by atoms with Crippen molar-refractivity contribution in [3.8, 4) is 0 Å². The number of carbonyl (C=O) groups is 3. The standard InChI is InChI=1S/C20H24N4O4/c1-12-10-15(23-28-12)21-16(25)11-24-17(26)20(5,22-18(24)27)14-8-6-13(7-9-14)19(2,3)4/h6-10H,11H2,1-5H3,(H,22,27)(H,21,23,25)/t20-/m0/s1. The van der Waals surface area contributed by atoms with E-state index in [-0.39, 0.29) is 11.2 Å². The maximum absolute atomic E-state index is 12.9. The predicted molar refractivity (Wildman–Crippen MR) is 103 cm³/mol. The normalized spacial score (nSPS) is 19.7. The van der Waals surface area contributed by atoms with Crippen LogP contribution in [-0.2, 0) is 20.5 Å². The monoisotopic (exact) mass is 384 g/mol. The van der Waals surface area contributed by atoms with Gasteiger partial charge in [-0.3, -0.25) is 14.5 Å². The fourth-order valence-electron chi connectivity index (χ4n) is 3.09. The molecule has 0 radical (unpaired) electrons. The van der Waals surface area contributed by atoms with Gasteiger partial charge < -0.3 is 15.2 Å². The highest BCUT2D eigenvalue weighted by molar-refractivity contribution is 6.10. The van der Waals surface area contributed by atoms with Crippen LogP contribution < -0.4 is 10.6 Å². The van der Waals surface area contributed by atoms with Crippen LogP contribution in [0.4, 0.5) is 10.6 Å². The third-order valence-electron chi connectivity index (χ3n) is 4.80. The average Bonchev–Trinajstić information content (AvgIpc) is 3.11. The van der Waals surface area contributed by atoms with Crippen LogP contribution in [0.15, 0.2) is 34.9 Å². The zero-order chi connectivity index (χ0) is 20.7. The summed E-state index contributed by atoms with van der Waals surface area (Å²) in [5.41, 5.74) is 0.536. The first-order chi connectivity index (χ1) is 13.0. The molecule has 1 aliphatic heterocycles. The van der Waals surface area contributed by atoms with Gasteiger partial charge >= 0.3 is 6.03 Å². The molecular formula is C20H24N4O4. The number of imide groups is 1. The maximum Gasteiger partial charge on any atom is 0.325 e. The number of aryl methyl sites for hydroxylation is 1. The van der Waals surface area contributed by atoms with Gasteiger partial charge in [0.25, 0.3) is 5.91 Å². The lowest BCUT2D eigenvalue weighted by Gasteiger charge is -2.24. The van der Waals surface area contributed by atoms with Gasteiger partial charge in [0.15, 0.2) is 5.82 Å². The molecule has 1 saturated heterocycles. The van der Waals surface area contributed by atoms with Crippen LogP contribution in [0.25, 0.3) is 0 Å².